The molecule has 3 atom stereocenters. The molecule has 1 heterocycles. The van der Waals surface area contributed by atoms with Gasteiger partial charge in [-0.3, -0.25) is 4.68 Å². The summed E-state index contributed by atoms with van der Waals surface area (Å²) < 4.78 is 25.8. The van der Waals surface area contributed by atoms with Gasteiger partial charge in [-0.25, -0.2) is 8.42 Å². The first-order valence-electron chi connectivity index (χ1n) is 7.84. The van der Waals surface area contributed by atoms with Crippen LogP contribution in [-0.2, 0) is 21.9 Å². The highest BCUT2D eigenvalue weighted by molar-refractivity contribution is 8.13. The molecule has 1 aromatic heterocycles. The van der Waals surface area contributed by atoms with E-state index >= 15 is 0 Å². The van der Waals surface area contributed by atoms with Crippen molar-refractivity contribution >= 4 is 19.7 Å². The molecule has 6 heteroatoms. The monoisotopic (exact) mass is 332 g/mol. The third-order valence-electron chi connectivity index (χ3n) is 4.86. The summed E-state index contributed by atoms with van der Waals surface area (Å²) in [5.74, 6) is 1.36. The summed E-state index contributed by atoms with van der Waals surface area (Å²) in [5.41, 5.74) is 1.38. The van der Waals surface area contributed by atoms with Crippen molar-refractivity contribution in [1.29, 1.82) is 0 Å². The molecule has 1 aliphatic carbocycles. The van der Waals surface area contributed by atoms with Crippen LogP contribution in [0.2, 0.25) is 0 Å². The van der Waals surface area contributed by atoms with Gasteiger partial charge >= 0.3 is 0 Å². The lowest BCUT2D eigenvalue weighted by Crippen LogP contribution is -2.25. The Morgan fingerprint density at radius 3 is 2.33 bits per heavy atom. The molecule has 3 unspecified atom stereocenters. The van der Waals surface area contributed by atoms with Gasteiger partial charge in [-0.15, -0.1) is 0 Å². The summed E-state index contributed by atoms with van der Waals surface area (Å²) in [4.78, 5) is 0.250. The molecule has 0 saturated heterocycles. The Labute approximate surface area is 132 Å². The topological polar surface area (TPSA) is 52.0 Å². The number of halogens is 1. The second kappa shape index (κ2) is 6.29. The SMILES string of the molecule is CCc1nn(C2CCC(C)C(C)C2)c(CC)c1S(=O)(=O)Cl. The maximum Gasteiger partial charge on any atom is 0.264 e. The molecular formula is C15H25ClN2O2S. The summed E-state index contributed by atoms with van der Waals surface area (Å²) in [6, 6.07) is 0.295. The number of aromatic nitrogens is 2. The molecule has 120 valence electrons. The number of hydrogen-bond donors (Lipinski definition) is 0. The molecule has 0 aliphatic heterocycles. The molecule has 1 saturated carbocycles. The highest BCUT2D eigenvalue weighted by atomic mass is 35.7. The van der Waals surface area contributed by atoms with E-state index in [2.05, 4.69) is 18.9 Å². The smallest absolute Gasteiger partial charge is 0.264 e. The molecule has 1 aliphatic rings. The van der Waals surface area contributed by atoms with Crippen molar-refractivity contribution in [2.45, 2.75) is 70.7 Å². The zero-order valence-electron chi connectivity index (χ0n) is 13.3. The number of rotatable bonds is 4. The van der Waals surface area contributed by atoms with Crippen LogP contribution in [0.1, 0.15) is 64.4 Å². The molecule has 0 amide bonds. The Morgan fingerprint density at radius 2 is 1.86 bits per heavy atom. The lowest BCUT2D eigenvalue weighted by molar-refractivity contribution is 0.197. The molecule has 21 heavy (non-hydrogen) atoms. The van der Waals surface area contributed by atoms with E-state index in [-0.39, 0.29) is 4.90 Å². The van der Waals surface area contributed by atoms with Crippen LogP contribution in [0, 0.1) is 11.8 Å². The normalized spacial score (nSPS) is 27.0. The van der Waals surface area contributed by atoms with Gasteiger partial charge in [0.1, 0.15) is 4.90 Å². The van der Waals surface area contributed by atoms with E-state index in [4.69, 9.17) is 10.7 Å². The number of aryl methyl sites for hydroxylation is 1. The van der Waals surface area contributed by atoms with Gasteiger partial charge in [0.2, 0.25) is 0 Å². The molecule has 0 bridgehead atoms. The van der Waals surface area contributed by atoms with Crippen molar-refractivity contribution in [1.82, 2.24) is 9.78 Å². The lowest BCUT2D eigenvalue weighted by Gasteiger charge is -2.33. The highest BCUT2D eigenvalue weighted by Gasteiger charge is 2.31. The zero-order valence-corrected chi connectivity index (χ0v) is 14.8. The van der Waals surface area contributed by atoms with Gasteiger partial charge in [0.15, 0.2) is 0 Å². The predicted molar refractivity (Wildman–Crippen MR) is 85.2 cm³/mol. The van der Waals surface area contributed by atoms with E-state index in [0.29, 0.717) is 30.5 Å². The fourth-order valence-electron chi connectivity index (χ4n) is 3.38. The maximum atomic E-state index is 11.9. The average molecular weight is 333 g/mol. The van der Waals surface area contributed by atoms with Crippen molar-refractivity contribution < 1.29 is 8.42 Å². The van der Waals surface area contributed by atoms with Crippen molar-refractivity contribution in [2.24, 2.45) is 11.8 Å². The minimum absolute atomic E-state index is 0.250. The number of hydrogen-bond acceptors (Lipinski definition) is 3. The second-order valence-corrected chi connectivity index (χ2v) is 8.74. The van der Waals surface area contributed by atoms with Crippen molar-refractivity contribution in [2.75, 3.05) is 0 Å². The van der Waals surface area contributed by atoms with E-state index in [1.165, 1.54) is 6.42 Å². The van der Waals surface area contributed by atoms with Crippen molar-refractivity contribution in [3.63, 3.8) is 0 Å². The highest BCUT2D eigenvalue weighted by Crippen LogP contribution is 2.38. The molecule has 1 fully saturated rings. The van der Waals surface area contributed by atoms with Crippen molar-refractivity contribution in [3.05, 3.63) is 11.4 Å². The zero-order chi connectivity index (χ0) is 15.8. The van der Waals surface area contributed by atoms with Gasteiger partial charge in [0.25, 0.3) is 9.05 Å². The van der Waals surface area contributed by atoms with E-state index in [0.717, 1.165) is 24.5 Å². The van der Waals surface area contributed by atoms with Gasteiger partial charge in [-0.05, 0) is 43.9 Å². The van der Waals surface area contributed by atoms with Crippen LogP contribution in [-0.4, -0.2) is 18.2 Å². The summed E-state index contributed by atoms with van der Waals surface area (Å²) in [6.45, 7) is 8.44. The Balaban J connectivity index is 2.48. The Hall–Kier alpha value is -0.550. The fraction of sp³-hybridized carbons (Fsp3) is 0.800. The van der Waals surface area contributed by atoms with Crippen LogP contribution >= 0.6 is 10.7 Å². The van der Waals surface area contributed by atoms with E-state index in [1.807, 2.05) is 18.5 Å². The van der Waals surface area contributed by atoms with Crippen LogP contribution in [0.15, 0.2) is 4.90 Å². The maximum absolute atomic E-state index is 11.9. The fourth-order valence-corrected chi connectivity index (χ4v) is 4.91. The summed E-state index contributed by atoms with van der Waals surface area (Å²) in [5, 5.41) is 4.60. The van der Waals surface area contributed by atoms with Crippen LogP contribution < -0.4 is 0 Å². The van der Waals surface area contributed by atoms with Gasteiger partial charge < -0.3 is 0 Å². The van der Waals surface area contributed by atoms with Gasteiger partial charge in [-0.2, -0.15) is 5.10 Å². The Kier molecular flexibility index (Phi) is 5.03. The minimum Gasteiger partial charge on any atom is -0.265 e. The first-order valence-corrected chi connectivity index (χ1v) is 10.1. The van der Waals surface area contributed by atoms with Crippen LogP contribution in [0.4, 0.5) is 0 Å². The van der Waals surface area contributed by atoms with E-state index in [9.17, 15) is 8.42 Å². The van der Waals surface area contributed by atoms with Crippen molar-refractivity contribution in [3.8, 4) is 0 Å². The molecular weight excluding hydrogens is 308 g/mol. The van der Waals surface area contributed by atoms with E-state index in [1.54, 1.807) is 0 Å². The minimum atomic E-state index is -3.74. The van der Waals surface area contributed by atoms with Crippen LogP contribution in [0.5, 0.6) is 0 Å². The van der Waals surface area contributed by atoms with Gasteiger partial charge in [0.05, 0.1) is 17.4 Å². The number of nitrogens with zero attached hydrogens (tertiary/aromatic N) is 2. The molecule has 0 N–H and O–H groups in total. The second-order valence-electron chi connectivity index (χ2n) is 6.23. The average Bonchev–Trinajstić information content (AvgIpc) is 2.80. The molecule has 4 nitrogen and oxygen atoms in total. The van der Waals surface area contributed by atoms with E-state index < -0.39 is 9.05 Å². The standard InChI is InChI=1S/C15H25ClN2O2S/c1-5-13-15(21(16,19)20)14(6-2)18(17-13)12-8-7-10(3)11(4)9-12/h10-12H,5-9H2,1-4H3. The molecule has 1 aromatic rings. The summed E-state index contributed by atoms with van der Waals surface area (Å²) >= 11 is 0. The third kappa shape index (κ3) is 3.29. The lowest BCUT2D eigenvalue weighted by atomic mass is 9.79. The molecule has 0 radical (unpaired) electrons. The first-order chi connectivity index (χ1) is 9.79. The summed E-state index contributed by atoms with van der Waals surface area (Å²) in [6.07, 6.45) is 4.50. The van der Waals surface area contributed by atoms with Gasteiger partial charge in [-0.1, -0.05) is 27.7 Å². The largest absolute Gasteiger partial charge is 0.265 e. The molecule has 2 rings (SSSR count). The predicted octanol–water partition coefficient (Wildman–Crippen LogP) is 3.93. The first kappa shape index (κ1) is 16.8. The van der Waals surface area contributed by atoms with Crippen LogP contribution in [0.25, 0.3) is 0 Å². The Morgan fingerprint density at radius 1 is 1.19 bits per heavy atom. The Bertz CT molecular complexity index is 609. The summed E-state index contributed by atoms with van der Waals surface area (Å²) in [7, 11) is 1.91. The molecule has 0 aromatic carbocycles. The third-order valence-corrected chi connectivity index (χ3v) is 6.28. The van der Waals surface area contributed by atoms with Gasteiger partial charge in [0, 0.05) is 10.7 Å². The van der Waals surface area contributed by atoms with Crippen LogP contribution in [0.3, 0.4) is 0 Å². The quantitative estimate of drug-likeness (QED) is 0.785. The molecule has 0 spiro atoms.